The minimum absolute atomic E-state index is 0.0203. The number of benzene rings is 1. The molecule has 10 heteroatoms. The van der Waals surface area contributed by atoms with Crippen LogP contribution in [0.4, 0.5) is 0 Å². The predicted molar refractivity (Wildman–Crippen MR) is 83.6 cm³/mol. The first-order valence-electron chi connectivity index (χ1n) is 8.25. The minimum atomic E-state index is -2.14. The molecule has 5 atom stereocenters. The Labute approximate surface area is 152 Å². The molecule has 0 radical (unpaired) electrons. The summed E-state index contributed by atoms with van der Waals surface area (Å²) in [6.07, 6.45) is -1.94. The van der Waals surface area contributed by atoms with Gasteiger partial charge in [-0.25, -0.2) is 14.4 Å². The number of methoxy groups -OCH3 is 2. The van der Waals surface area contributed by atoms with Crippen molar-refractivity contribution in [2.45, 2.75) is 23.9 Å². The van der Waals surface area contributed by atoms with Crippen LogP contribution < -0.4 is 0 Å². The van der Waals surface area contributed by atoms with Crippen molar-refractivity contribution in [1.82, 2.24) is 5.17 Å². The van der Waals surface area contributed by atoms with Gasteiger partial charge in [-0.15, -0.1) is 0 Å². The van der Waals surface area contributed by atoms with Crippen LogP contribution in [0.5, 0.6) is 0 Å². The molecule has 5 rings (SSSR count). The van der Waals surface area contributed by atoms with Crippen molar-refractivity contribution < 1.29 is 38.3 Å². The summed E-state index contributed by atoms with van der Waals surface area (Å²) >= 11 is 0. The number of Topliss-reactive ketones (excluding diaryl/α,β-unsaturated/α-hetero) is 1. The molecule has 0 aromatic heterocycles. The molecule has 0 unspecified atom stereocenters. The molecule has 1 aromatic carbocycles. The van der Waals surface area contributed by atoms with Gasteiger partial charge in [0.1, 0.15) is 12.2 Å². The SMILES string of the molecule is COC(=O)C1=[N+]([O-])N2O[C@@H]3[C@@H]([C@@H]4O[C@H]3c3ccccc34)[C@@]2(C(=O)OC)C1=O. The highest BCUT2D eigenvalue weighted by Crippen LogP contribution is 2.63. The third-order valence-corrected chi connectivity index (χ3v) is 5.68. The van der Waals surface area contributed by atoms with Crippen molar-refractivity contribution in [3.8, 4) is 0 Å². The Morgan fingerprint density at radius 3 is 2.48 bits per heavy atom. The van der Waals surface area contributed by atoms with E-state index in [0.717, 1.165) is 25.3 Å². The summed E-state index contributed by atoms with van der Waals surface area (Å²) in [7, 11) is 2.13. The van der Waals surface area contributed by atoms with E-state index in [9.17, 15) is 19.6 Å². The highest BCUT2D eigenvalue weighted by atomic mass is 16.8. The lowest BCUT2D eigenvalue weighted by Gasteiger charge is -2.29. The third-order valence-electron chi connectivity index (χ3n) is 5.68. The number of ether oxygens (including phenoxy) is 3. The Hall–Kier alpha value is -2.98. The van der Waals surface area contributed by atoms with Crippen molar-refractivity contribution >= 4 is 23.4 Å². The predicted octanol–water partition coefficient (Wildman–Crippen LogP) is -0.422. The van der Waals surface area contributed by atoms with Crippen molar-refractivity contribution in [1.29, 1.82) is 0 Å². The highest BCUT2D eigenvalue weighted by Gasteiger charge is 2.82. The summed E-state index contributed by atoms with van der Waals surface area (Å²) in [5.41, 5.74) is -1.28. The van der Waals surface area contributed by atoms with E-state index in [0.29, 0.717) is 5.17 Å². The van der Waals surface area contributed by atoms with Gasteiger partial charge < -0.3 is 19.4 Å². The van der Waals surface area contributed by atoms with Gasteiger partial charge in [0.25, 0.3) is 11.3 Å². The number of hydrogen-bond acceptors (Lipinski definition) is 9. The van der Waals surface area contributed by atoms with E-state index in [2.05, 4.69) is 4.74 Å². The van der Waals surface area contributed by atoms with E-state index >= 15 is 0 Å². The van der Waals surface area contributed by atoms with Crippen LogP contribution in [0, 0.1) is 11.1 Å². The largest absolute Gasteiger partial charge is 0.594 e. The molecule has 140 valence electrons. The molecule has 4 heterocycles. The number of carbonyl (C=O) groups excluding carboxylic acids is 3. The van der Waals surface area contributed by atoms with Gasteiger partial charge >= 0.3 is 17.7 Å². The van der Waals surface area contributed by atoms with Gasteiger partial charge in [-0.1, -0.05) is 24.3 Å². The number of esters is 2. The van der Waals surface area contributed by atoms with E-state index in [-0.39, 0.29) is 4.85 Å². The smallest absolute Gasteiger partial charge is 0.411 e. The molecule has 27 heavy (non-hydrogen) atoms. The first kappa shape index (κ1) is 16.2. The topological polar surface area (TPSA) is 117 Å². The van der Waals surface area contributed by atoms with Crippen LogP contribution in [0.3, 0.4) is 0 Å². The second-order valence-corrected chi connectivity index (χ2v) is 6.68. The number of rotatable bonds is 2. The number of ketones is 1. The van der Waals surface area contributed by atoms with Gasteiger partial charge in [-0.05, 0) is 21.1 Å². The summed E-state index contributed by atoms with van der Waals surface area (Å²) in [5.74, 6) is -4.01. The summed E-state index contributed by atoms with van der Waals surface area (Å²) in [6.45, 7) is 0. The zero-order chi connectivity index (χ0) is 19.1. The van der Waals surface area contributed by atoms with Gasteiger partial charge in [0.05, 0.1) is 26.2 Å². The quantitative estimate of drug-likeness (QED) is 0.294. The first-order valence-corrected chi connectivity index (χ1v) is 8.25. The molecule has 4 aliphatic heterocycles. The fraction of sp³-hybridized carbons (Fsp3) is 0.412. The lowest BCUT2D eigenvalue weighted by Crippen LogP contribution is -2.60. The van der Waals surface area contributed by atoms with Gasteiger partial charge in [0.15, 0.2) is 0 Å². The molecular formula is C17H14N2O8. The molecule has 0 aliphatic carbocycles. The maximum Gasteiger partial charge on any atom is 0.411 e. The van der Waals surface area contributed by atoms with E-state index < -0.39 is 53.2 Å². The van der Waals surface area contributed by atoms with Crippen LogP contribution >= 0.6 is 0 Å². The Balaban J connectivity index is 1.70. The molecule has 1 aromatic rings. The first-order chi connectivity index (χ1) is 13.0. The Kier molecular flexibility index (Phi) is 3.03. The molecule has 0 amide bonds. The summed E-state index contributed by atoms with van der Waals surface area (Å²) < 4.78 is 15.4. The Morgan fingerprint density at radius 2 is 1.85 bits per heavy atom. The maximum absolute atomic E-state index is 13.2. The van der Waals surface area contributed by atoms with Crippen LogP contribution in [0.2, 0.25) is 0 Å². The van der Waals surface area contributed by atoms with E-state index in [4.69, 9.17) is 14.3 Å². The van der Waals surface area contributed by atoms with Crippen molar-refractivity contribution in [2.24, 2.45) is 5.92 Å². The van der Waals surface area contributed by atoms with Crippen LogP contribution in [0.25, 0.3) is 0 Å². The van der Waals surface area contributed by atoms with Gasteiger partial charge in [0, 0.05) is 0 Å². The Bertz CT molecular complexity index is 943. The Morgan fingerprint density at radius 1 is 1.19 bits per heavy atom. The maximum atomic E-state index is 13.2. The van der Waals surface area contributed by atoms with Crippen LogP contribution in [-0.2, 0) is 33.4 Å². The lowest BCUT2D eigenvalue weighted by atomic mass is 9.69. The zero-order valence-corrected chi connectivity index (χ0v) is 14.3. The molecule has 0 N–H and O–H groups in total. The molecule has 2 fully saturated rings. The van der Waals surface area contributed by atoms with E-state index in [1.54, 1.807) is 0 Å². The van der Waals surface area contributed by atoms with Crippen LogP contribution in [0.15, 0.2) is 24.3 Å². The molecule has 10 nitrogen and oxygen atoms in total. The fourth-order valence-electron chi connectivity index (χ4n) is 4.64. The number of carbonyl (C=O) groups is 3. The van der Waals surface area contributed by atoms with Crippen LogP contribution in [-0.4, -0.2) is 59.3 Å². The van der Waals surface area contributed by atoms with Crippen molar-refractivity contribution in [2.75, 3.05) is 14.2 Å². The molecule has 2 bridgehead atoms. The van der Waals surface area contributed by atoms with Crippen molar-refractivity contribution in [3.05, 3.63) is 40.6 Å². The molecular weight excluding hydrogens is 360 g/mol. The van der Waals surface area contributed by atoms with Gasteiger partial charge in [-0.3, -0.25) is 4.79 Å². The number of hydrogen-bond donors (Lipinski definition) is 0. The number of fused-ring (bicyclic) bond motifs is 10. The van der Waals surface area contributed by atoms with Gasteiger partial charge in [-0.2, -0.15) is 0 Å². The average Bonchev–Trinajstić information content (AvgIpc) is 3.38. The fourth-order valence-corrected chi connectivity index (χ4v) is 4.64. The highest BCUT2D eigenvalue weighted by molar-refractivity contribution is 6.66. The van der Waals surface area contributed by atoms with Gasteiger partial charge in [0.2, 0.25) is 0 Å². The number of hydrazine groups is 1. The number of hydroxylamine groups is 1. The normalized spacial score (nSPS) is 35.2. The standard InChI is InChI=1S/C17H14N2O8/c1-24-15(21)10-14(20)17(16(22)25-2)9-11-7-5-3-4-6-8(7)12(26-11)13(9)27-19(17)18(10)23/h3-6,9,11-13H,1-2H3/t9-,11-,12+,13-,17+/m1/s1. The zero-order valence-electron chi connectivity index (χ0n) is 14.3. The van der Waals surface area contributed by atoms with E-state index in [1.165, 1.54) is 0 Å². The third kappa shape index (κ3) is 1.59. The summed E-state index contributed by atoms with van der Waals surface area (Å²) in [5, 5.41) is 13.3. The molecule has 0 saturated carbocycles. The lowest BCUT2D eigenvalue weighted by molar-refractivity contribution is -0.717. The van der Waals surface area contributed by atoms with E-state index in [1.807, 2.05) is 24.3 Å². The average molecular weight is 374 g/mol. The summed E-state index contributed by atoms with van der Waals surface area (Å²) in [4.78, 5) is 43.7. The minimum Gasteiger partial charge on any atom is -0.594 e. The van der Waals surface area contributed by atoms with Crippen molar-refractivity contribution in [3.63, 3.8) is 0 Å². The molecule has 4 aliphatic rings. The second-order valence-electron chi connectivity index (χ2n) is 6.68. The molecule has 2 saturated heterocycles. The summed E-state index contributed by atoms with van der Waals surface area (Å²) in [6, 6.07) is 7.37. The number of nitrogens with zero attached hydrogens (tertiary/aromatic N) is 2. The monoisotopic (exact) mass is 374 g/mol. The molecule has 0 spiro atoms. The number of hydrazone groups is 1. The van der Waals surface area contributed by atoms with Crippen LogP contribution in [0.1, 0.15) is 23.3 Å². The second kappa shape index (κ2) is 5.05.